The van der Waals surface area contributed by atoms with Gasteiger partial charge in [0.25, 0.3) is 0 Å². The molecule has 44 heavy (non-hydrogen) atoms. The van der Waals surface area contributed by atoms with Crippen LogP contribution in [0.15, 0.2) is 192 Å². The Morgan fingerprint density at radius 3 is 0.977 bits per heavy atom. The first kappa shape index (κ1) is 10.0. The van der Waals surface area contributed by atoms with Crippen LogP contribution in [-0.4, -0.2) is 13.3 Å². The molecule has 0 fully saturated rings. The Labute approximate surface area is 314 Å². The van der Waals surface area contributed by atoms with Gasteiger partial charge in [-0.05, 0) is 0 Å². The minimum absolute atomic E-state index is 0.736. The monoisotopic (exact) mass is 719 g/mol. The van der Waals surface area contributed by atoms with E-state index in [0.717, 1.165) is 0 Å². The summed E-state index contributed by atoms with van der Waals surface area (Å²) in [6, 6.07) is -36.7. The SMILES string of the molecule is [2H]c1c([2H])c([2H])c(-c2c([2H])c([2H])c([2H])[c]([Ge]([c]3c([2H])c([2H])c([2H])c(Br)c3[2H])([c]3c([2H])c([2H])c([2H])c(-c4c([2H])c([2H])c([2H])c([2H])c4[2H])c3[2H])[c]3c([2H])c([2H])c([2H])c(-c4c([2H])c([2H])c([2H])c([2H])c4[2H])c3[2H])c2[2H])c([2H])c1[2H]. The third-order valence-corrected chi connectivity index (χ3v) is 15.0. The van der Waals surface area contributed by atoms with Gasteiger partial charge in [0.1, 0.15) is 0 Å². The van der Waals surface area contributed by atoms with E-state index in [9.17, 15) is 19.2 Å². The molecule has 0 saturated heterocycles. The average molecular weight is 719 g/mol. The molecule has 0 atom stereocenters. The first-order valence-electron chi connectivity index (χ1n) is 27.9. The van der Waals surface area contributed by atoms with E-state index in [4.69, 9.17) is 23.3 Å². The van der Waals surface area contributed by atoms with E-state index in [0.29, 0.717) is 0 Å². The van der Waals surface area contributed by atoms with E-state index in [1.165, 1.54) is 0 Å². The van der Waals surface area contributed by atoms with Crippen LogP contribution < -0.4 is 17.6 Å². The van der Waals surface area contributed by atoms with Crippen molar-refractivity contribution in [1.29, 1.82) is 0 Å². The Bertz CT molecular complexity index is 3320. The van der Waals surface area contributed by atoms with Crippen LogP contribution in [0.5, 0.6) is 0 Å². The van der Waals surface area contributed by atoms with Gasteiger partial charge in [-0.25, -0.2) is 0 Å². The first-order chi connectivity index (χ1) is 34.6. The Morgan fingerprint density at radius 1 is 0.318 bits per heavy atom. The van der Waals surface area contributed by atoms with Gasteiger partial charge >= 0.3 is 314 Å². The maximum atomic E-state index is 10.1. The molecule has 0 nitrogen and oxygen atoms in total. The van der Waals surface area contributed by atoms with Crippen LogP contribution in [0.1, 0.15) is 42.5 Å². The van der Waals surface area contributed by atoms with Crippen LogP contribution in [0.3, 0.4) is 0 Å². The van der Waals surface area contributed by atoms with Gasteiger partial charge in [-0.2, -0.15) is 0 Å². The quantitative estimate of drug-likeness (QED) is 0.145. The fourth-order valence-electron chi connectivity index (χ4n) is 4.35. The van der Waals surface area contributed by atoms with Crippen molar-refractivity contribution in [2.75, 3.05) is 0 Å². The predicted octanol–water partition coefficient (Wildman–Crippen LogP) is 8.83. The van der Waals surface area contributed by atoms with Gasteiger partial charge in [-0.15, -0.1) is 0 Å². The van der Waals surface area contributed by atoms with Crippen molar-refractivity contribution in [1.82, 2.24) is 0 Å². The zero-order valence-corrected chi connectivity index (χ0v) is 25.6. The van der Waals surface area contributed by atoms with Gasteiger partial charge in [-0.1, -0.05) is 0 Å². The molecular formula is C42H31BrGe. The standard InChI is InChI=1S/C42H31BrGe/c43-38-23-13-27-42(31-38)44(39-24-10-20-35(28-39)32-14-4-1-5-15-32,40-25-11-21-36(29-40)33-16-6-2-7-17-33)41-26-12-22-37(30-41)34-18-8-3-9-19-34/h1-31H/i1D,2D,3D,4D,5D,6D,7D,8D,9D,10D,11D,12D,13D,14D,15D,16D,17D,18D,19D,20D,21D,22D,23D,24D,25D,26D,27D,28D,29D,30D,31D. The summed E-state index contributed by atoms with van der Waals surface area (Å²) in [6.07, 6.45) is 0. The van der Waals surface area contributed by atoms with Crippen LogP contribution >= 0.6 is 15.9 Å². The fraction of sp³-hybridized carbons (Fsp3) is 0. The van der Waals surface area contributed by atoms with Gasteiger partial charge in [0, 0.05) is 0 Å². The normalized spacial score (nSPS) is 21.2. The zero-order chi connectivity index (χ0) is 56.7. The molecule has 0 amide bonds. The summed E-state index contributed by atoms with van der Waals surface area (Å²) < 4.78 is 276. The van der Waals surface area contributed by atoms with Gasteiger partial charge in [0.15, 0.2) is 0 Å². The molecule has 2 heteroatoms. The molecule has 7 rings (SSSR count). The van der Waals surface area contributed by atoms with Crippen LogP contribution in [0.4, 0.5) is 0 Å². The van der Waals surface area contributed by atoms with Crippen molar-refractivity contribution in [3.05, 3.63) is 192 Å². The van der Waals surface area contributed by atoms with Gasteiger partial charge in [0.05, 0.1) is 0 Å². The fourth-order valence-corrected chi connectivity index (χ4v) is 12.9. The predicted molar refractivity (Wildman–Crippen MR) is 194 cm³/mol. The van der Waals surface area contributed by atoms with Crippen molar-refractivity contribution in [2.24, 2.45) is 0 Å². The molecule has 7 aromatic carbocycles. The van der Waals surface area contributed by atoms with Crippen molar-refractivity contribution in [3.8, 4) is 33.4 Å². The summed E-state index contributed by atoms with van der Waals surface area (Å²) >= 11 is -4.67. The molecular weight excluding hydrogens is 657 g/mol. The van der Waals surface area contributed by atoms with Gasteiger partial charge in [0.2, 0.25) is 0 Å². The molecule has 0 heterocycles. The number of hydrogen-bond acceptors (Lipinski definition) is 0. The maximum absolute atomic E-state index is 10.1. The topological polar surface area (TPSA) is 0 Å². The average Bonchev–Trinajstić information content (AvgIpc) is 3.37. The number of benzene rings is 7. The van der Waals surface area contributed by atoms with Crippen LogP contribution in [0.25, 0.3) is 33.4 Å². The molecule has 0 aliphatic carbocycles. The Morgan fingerprint density at radius 2 is 0.614 bits per heavy atom. The molecule has 0 saturated carbocycles. The van der Waals surface area contributed by atoms with Gasteiger partial charge < -0.3 is 0 Å². The van der Waals surface area contributed by atoms with Crippen LogP contribution in [-0.2, 0) is 0 Å². The van der Waals surface area contributed by atoms with E-state index in [1.807, 2.05) is 0 Å². The second-order valence-electron chi connectivity index (χ2n) is 8.69. The molecule has 0 radical (unpaired) electrons. The van der Waals surface area contributed by atoms with Crippen LogP contribution in [0.2, 0.25) is 0 Å². The first-order valence-corrected chi connectivity index (χ1v) is 17.4. The molecule has 0 N–H and O–H groups in total. The van der Waals surface area contributed by atoms with E-state index in [-0.39, 0.29) is 0 Å². The van der Waals surface area contributed by atoms with E-state index in [1.54, 1.807) is 0 Å². The molecule has 0 aliphatic rings. The Balaban J connectivity index is 2.03. The molecule has 0 spiro atoms. The van der Waals surface area contributed by atoms with Crippen molar-refractivity contribution in [2.45, 2.75) is 0 Å². The summed E-state index contributed by atoms with van der Waals surface area (Å²) in [5, 5.41) is 0. The number of hydrogen-bond donors (Lipinski definition) is 0. The Kier molecular flexibility index (Phi) is 2.89. The third kappa shape index (κ3) is 5.50. The molecule has 210 valence electrons. The minimum atomic E-state index is -7.71. The van der Waals surface area contributed by atoms with Crippen LogP contribution in [0, 0.1) is 0 Å². The summed E-state index contributed by atoms with van der Waals surface area (Å²) in [5.41, 5.74) is -6.37. The van der Waals surface area contributed by atoms with E-state index in [2.05, 4.69) is 15.9 Å². The van der Waals surface area contributed by atoms with Crippen molar-refractivity contribution < 1.29 is 42.5 Å². The Hall–Kier alpha value is -4.44. The molecule has 0 aliphatic heterocycles. The van der Waals surface area contributed by atoms with E-state index < -0.39 is 256 Å². The second kappa shape index (κ2) is 12.7. The molecule has 0 bridgehead atoms. The summed E-state index contributed by atoms with van der Waals surface area (Å²) in [5.74, 6) is 0. The molecule has 0 unspecified atom stereocenters. The zero-order valence-electron chi connectivity index (χ0n) is 52.9. The summed E-state index contributed by atoms with van der Waals surface area (Å²) in [4.78, 5) is 0. The summed E-state index contributed by atoms with van der Waals surface area (Å²) in [7, 11) is 0. The van der Waals surface area contributed by atoms with Gasteiger partial charge in [-0.3, -0.25) is 0 Å². The van der Waals surface area contributed by atoms with Crippen molar-refractivity contribution in [3.63, 3.8) is 0 Å². The second-order valence-corrected chi connectivity index (χ2v) is 16.8. The molecule has 7 aromatic rings. The summed E-state index contributed by atoms with van der Waals surface area (Å²) in [6.45, 7) is 0. The molecule has 0 aromatic heterocycles. The number of halogens is 1. The third-order valence-electron chi connectivity index (χ3n) is 6.22. The number of rotatable bonds is 7. The van der Waals surface area contributed by atoms with E-state index >= 15 is 0 Å². The van der Waals surface area contributed by atoms with Crippen molar-refractivity contribution >= 4 is 46.8 Å².